The molecule has 0 radical (unpaired) electrons. The molecule has 10 nitrogen and oxygen atoms in total. The summed E-state index contributed by atoms with van der Waals surface area (Å²) in [6, 6.07) is 14.0. The first-order valence-corrected chi connectivity index (χ1v) is 18.8. The molecule has 2 aromatic carbocycles. The second-order valence-electron chi connectivity index (χ2n) is 13.2. The number of piperidine rings is 1. The molecule has 0 unspecified atom stereocenters. The van der Waals surface area contributed by atoms with Crippen LogP contribution in [-0.2, 0) is 26.2 Å². The summed E-state index contributed by atoms with van der Waals surface area (Å²) in [4.78, 5) is 31.8. The van der Waals surface area contributed by atoms with Crippen LogP contribution in [0, 0.1) is 5.92 Å². The highest BCUT2D eigenvalue weighted by Crippen LogP contribution is 2.36. The fourth-order valence-electron chi connectivity index (χ4n) is 7.38. The maximum atomic E-state index is 13.9. The predicted molar refractivity (Wildman–Crippen MR) is 179 cm³/mol. The lowest BCUT2D eigenvalue weighted by atomic mass is 9.78. The van der Waals surface area contributed by atoms with Crippen LogP contribution < -0.4 is 14.4 Å². The number of aliphatic hydroxyl groups excluding tert-OH is 1. The summed E-state index contributed by atoms with van der Waals surface area (Å²) < 4.78 is 31.4. The maximum Gasteiger partial charge on any atom is 0.248 e. The van der Waals surface area contributed by atoms with Crippen molar-refractivity contribution in [1.29, 1.82) is 0 Å². The van der Waals surface area contributed by atoms with Crippen LogP contribution in [0.1, 0.15) is 77.2 Å². The van der Waals surface area contributed by atoms with E-state index in [4.69, 9.17) is 4.74 Å². The van der Waals surface area contributed by atoms with Crippen LogP contribution in [0.25, 0.3) is 0 Å². The van der Waals surface area contributed by atoms with Crippen LogP contribution in [0.3, 0.4) is 0 Å². The van der Waals surface area contributed by atoms with Gasteiger partial charge in [0.25, 0.3) is 0 Å². The summed E-state index contributed by atoms with van der Waals surface area (Å²) in [6.45, 7) is 6.87. The molecule has 3 aliphatic rings. The number of ether oxygens (including phenoxy) is 1. The van der Waals surface area contributed by atoms with Gasteiger partial charge in [0.2, 0.25) is 21.8 Å². The van der Waals surface area contributed by atoms with Crippen molar-refractivity contribution in [3.8, 4) is 11.5 Å². The molecular formula is C35H50N4O6S. The first kappa shape index (κ1) is 34.2. The number of unbranched alkanes of at least 4 members (excludes halogenated alkanes) is 1. The number of hydrogen-bond donors (Lipinski definition) is 2. The summed E-state index contributed by atoms with van der Waals surface area (Å²) >= 11 is 0. The molecule has 2 aliphatic heterocycles. The SMILES string of the molecule is CCCCN1C(=O)[C@@H]([C@H](O)C2CCCCC2)NC(=O)C12CCN(Cc1ccc(Oc3ccc(N(CC)S(C)(=O)=O)cc3)cc1)CC2. The van der Waals surface area contributed by atoms with Gasteiger partial charge in [0.05, 0.1) is 18.0 Å². The standard InChI is InChI=1S/C35H50N4O6S/c1-4-6-22-38-33(41)31(32(40)27-10-8-7-9-11-27)36-34(42)35(38)20-23-37(24-21-35)25-26-12-16-29(17-13-26)45-30-18-14-28(15-19-30)39(5-2)46(3,43)44/h12-19,27,31-32,40H,4-11,20-25H2,1-3H3,(H,36,42)/t31-,32-/m1/s1. The average molecular weight is 655 g/mol. The number of amides is 2. The minimum atomic E-state index is -3.34. The second-order valence-corrected chi connectivity index (χ2v) is 15.1. The van der Waals surface area contributed by atoms with E-state index < -0.39 is 27.7 Å². The highest BCUT2D eigenvalue weighted by atomic mass is 32.2. The van der Waals surface area contributed by atoms with E-state index in [9.17, 15) is 23.1 Å². The zero-order chi connectivity index (χ0) is 32.9. The van der Waals surface area contributed by atoms with Gasteiger partial charge in [-0.05, 0) is 86.9 Å². The Kier molecular flexibility index (Phi) is 11.0. The molecular weight excluding hydrogens is 604 g/mol. The molecule has 1 aliphatic carbocycles. The van der Waals surface area contributed by atoms with E-state index in [1.807, 2.05) is 29.2 Å². The Morgan fingerprint density at radius 2 is 1.59 bits per heavy atom. The van der Waals surface area contributed by atoms with Gasteiger partial charge in [-0.25, -0.2) is 8.42 Å². The minimum Gasteiger partial charge on any atom is -0.457 e. The van der Waals surface area contributed by atoms with E-state index in [-0.39, 0.29) is 17.7 Å². The van der Waals surface area contributed by atoms with Gasteiger partial charge >= 0.3 is 0 Å². The number of benzene rings is 2. The van der Waals surface area contributed by atoms with Crippen molar-refractivity contribution in [2.75, 3.05) is 36.7 Å². The Bertz CT molecular complexity index is 1430. The number of carbonyl (C=O) groups is 2. The molecule has 46 heavy (non-hydrogen) atoms. The lowest BCUT2D eigenvalue weighted by Crippen LogP contribution is -2.75. The normalized spacial score (nSPS) is 21.7. The Balaban J connectivity index is 1.18. The maximum absolute atomic E-state index is 13.9. The smallest absolute Gasteiger partial charge is 0.248 e. The lowest BCUT2D eigenvalue weighted by Gasteiger charge is -2.52. The highest BCUT2D eigenvalue weighted by Gasteiger charge is 2.55. The fourth-order valence-corrected chi connectivity index (χ4v) is 8.36. The van der Waals surface area contributed by atoms with Crippen molar-refractivity contribution in [2.24, 2.45) is 5.92 Å². The number of hydrogen-bond acceptors (Lipinski definition) is 7. The van der Waals surface area contributed by atoms with Crippen LogP contribution in [0.4, 0.5) is 5.69 Å². The Morgan fingerprint density at radius 1 is 0.978 bits per heavy atom. The molecule has 2 atom stereocenters. The van der Waals surface area contributed by atoms with E-state index in [1.165, 1.54) is 10.6 Å². The van der Waals surface area contributed by atoms with Gasteiger partial charge in [0.1, 0.15) is 23.1 Å². The number of piperazine rings is 1. The van der Waals surface area contributed by atoms with Crippen LogP contribution >= 0.6 is 0 Å². The number of aliphatic hydroxyl groups is 1. The van der Waals surface area contributed by atoms with Gasteiger partial charge in [-0.2, -0.15) is 0 Å². The topological polar surface area (TPSA) is 119 Å². The van der Waals surface area contributed by atoms with Gasteiger partial charge in [-0.1, -0.05) is 44.7 Å². The molecule has 3 fully saturated rings. The second kappa shape index (κ2) is 14.7. The van der Waals surface area contributed by atoms with Crippen LogP contribution in [0.5, 0.6) is 11.5 Å². The largest absolute Gasteiger partial charge is 0.457 e. The zero-order valence-electron chi connectivity index (χ0n) is 27.5. The van der Waals surface area contributed by atoms with Gasteiger partial charge < -0.3 is 20.1 Å². The van der Waals surface area contributed by atoms with Crippen molar-refractivity contribution in [2.45, 2.75) is 95.9 Å². The Morgan fingerprint density at radius 3 is 2.15 bits per heavy atom. The summed E-state index contributed by atoms with van der Waals surface area (Å²) in [6.07, 6.45) is 8.33. The van der Waals surface area contributed by atoms with Crippen molar-refractivity contribution in [1.82, 2.24) is 15.1 Å². The molecule has 2 aromatic rings. The van der Waals surface area contributed by atoms with Crippen LogP contribution in [-0.4, -0.2) is 85.3 Å². The quantitative estimate of drug-likeness (QED) is 0.342. The number of anilines is 1. The lowest BCUT2D eigenvalue weighted by molar-refractivity contribution is -0.166. The molecule has 1 saturated carbocycles. The number of rotatable bonds is 12. The van der Waals surface area contributed by atoms with Crippen molar-refractivity contribution in [3.05, 3.63) is 54.1 Å². The Labute approximate surface area is 274 Å². The van der Waals surface area contributed by atoms with Crippen LogP contribution in [0.15, 0.2) is 48.5 Å². The third-order valence-corrected chi connectivity index (χ3v) is 11.3. The van der Waals surface area contributed by atoms with Crippen molar-refractivity contribution < 1.29 is 27.9 Å². The zero-order valence-corrected chi connectivity index (χ0v) is 28.3. The van der Waals surface area contributed by atoms with Crippen LogP contribution in [0.2, 0.25) is 0 Å². The van der Waals surface area contributed by atoms with Crippen molar-refractivity contribution in [3.63, 3.8) is 0 Å². The average Bonchev–Trinajstić information content (AvgIpc) is 3.05. The molecule has 1 spiro atoms. The summed E-state index contributed by atoms with van der Waals surface area (Å²) in [5.74, 6) is 1.11. The number of carbonyl (C=O) groups excluding carboxylic acids is 2. The summed E-state index contributed by atoms with van der Waals surface area (Å²) in [7, 11) is -3.34. The Hall–Kier alpha value is -3.15. The molecule has 2 saturated heterocycles. The minimum absolute atomic E-state index is 0.0583. The van der Waals surface area contributed by atoms with Gasteiger partial charge in [-0.3, -0.25) is 18.8 Å². The highest BCUT2D eigenvalue weighted by molar-refractivity contribution is 7.92. The number of likely N-dealkylation sites (tertiary alicyclic amines) is 1. The van der Waals surface area contributed by atoms with Gasteiger partial charge in [0.15, 0.2) is 0 Å². The molecule has 5 rings (SSSR count). The molecule has 0 aromatic heterocycles. The van der Waals surface area contributed by atoms with E-state index in [0.29, 0.717) is 56.2 Å². The molecule has 11 heteroatoms. The molecule has 2 heterocycles. The van der Waals surface area contributed by atoms with E-state index in [0.717, 1.165) is 57.1 Å². The van der Waals surface area contributed by atoms with Crippen molar-refractivity contribution >= 4 is 27.5 Å². The molecule has 252 valence electrons. The number of sulfonamides is 1. The molecule has 0 bridgehead atoms. The first-order valence-electron chi connectivity index (χ1n) is 16.9. The number of nitrogens with zero attached hydrogens (tertiary/aromatic N) is 3. The predicted octanol–water partition coefficient (Wildman–Crippen LogP) is 4.67. The third-order valence-electron chi connectivity index (χ3n) is 10.0. The number of nitrogens with one attached hydrogen (secondary N) is 1. The van der Waals surface area contributed by atoms with E-state index in [2.05, 4.69) is 17.1 Å². The van der Waals surface area contributed by atoms with E-state index >= 15 is 0 Å². The molecule has 2 N–H and O–H groups in total. The monoisotopic (exact) mass is 654 g/mol. The first-order chi connectivity index (χ1) is 22.1. The summed E-state index contributed by atoms with van der Waals surface area (Å²) in [5, 5.41) is 14.2. The van der Waals surface area contributed by atoms with Gasteiger partial charge in [-0.15, -0.1) is 0 Å². The fraction of sp³-hybridized carbons (Fsp3) is 0.600. The third kappa shape index (κ3) is 7.52. The molecule has 2 amide bonds. The summed E-state index contributed by atoms with van der Waals surface area (Å²) in [5.41, 5.74) is 0.846. The van der Waals surface area contributed by atoms with Gasteiger partial charge in [0, 0.05) is 32.7 Å². The van der Waals surface area contributed by atoms with E-state index in [1.54, 1.807) is 31.2 Å².